The van der Waals surface area contributed by atoms with Gasteiger partial charge < -0.3 is 5.32 Å². The van der Waals surface area contributed by atoms with Crippen molar-refractivity contribution < 1.29 is 26.7 Å². The van der Waals surface area contributed by atoms with Gasteiger partial charge in [-0.15, -0.1) is 0 Å². The van der Waals surface area contributed by atoms with Crippen LogP contribution in [0.3, 0.4) is 0 Å². The minimum absolute atomic E-state index is 0.187. The lowest BCUT2D eigenvalue weighted by atomic mass is 10.3. The fraction of sp³-hybridized carbons (Fsp3) is 0.833. The van der Waals surface area contributed by atoms with Crippen LogP contribution in [0.5, 0.6) is 0 Å². The summed E-state index contributed by atoms with van der Waals surface area (Å²) in [7, 11) is 0. The van der Waals surface area contributed by atoms with Gasteiger partial charge in [-0.05, 0) is 6.42 Å². The van der Waals surface area contributed by atoms with E-state index < -0.39 is 18.0 Å². The predicted molar refractivity (Wildman–Crippen MR) is 47.5 cm³/mol. The third kappa shape index (κ3) is 3.54. The summed E-state index contributed by atoms with van der Waals surface area (Å²) in [6, 6.07) is 0. The number of hydrogen-bond acceptors (Lipinski definition) is 1. The van der Waals surface area contributed by atoms with Crippen LogP contribution in [0.2, 0.25) is 0 Å². The first-order valence-electron chi connectivity index (χ1n) is 3.52. The standard InChI is InChI=1S/C6H7F5INO/c7-5(8,6(9,10)11)4(14)13-3-1-2-12/h1-3H2,(H,13,14). The minimum atomic E-state index is -5.83. The van der Waals surface area contributed by atoms with Crippen LogP contribution in [0.15, 0.2) is 0 Å². The highest BCUT2D eigenvalue weighted by Gasteiger charge is 2.63. The van der Waals surface area contributed by atoms with E-state index in [9.17, 15) is 26.7 Å². The Balaban J connectivity index is 4.23. The highest BCUT2D eigenvalue weighted by Crippen LogP contribution is 2.35. The molecule has 0 fully saturated rings. The monoisotopic (exact) mass is 331 g/mol. The molecule has 2 nitrogen and oxygen atoms in total. The van der Waals surface area contributed by atoms with E-state index in [2.05, 4.69) is 0 Å². The number of carbonyl (C=O) groups is 1. The van der Waals surface area contributed by atoms with Crippen molar-refractivity contribution in [3.8, 4) is 0 Å². The van der Waals surface area contributed by atoms with Crippen molar-refractivity contribution in [2.75, 3.05) is 11.0 Å². The summed E-state index contributed by atoms with van der Waals surface area (Å²) < 4.78 is 59.7. The summed E-state index contributed by atoms with van der Waals surface area (Å²) in [5.74, 6) is -7.60. The van der Waals surface area contributed by atoms with Gasteiger partial charge in [-0.2, -0.15) is 22.0 Å². The molecule has 0 unspecified atom stereocenters. The fourth-order valence-corrected chi connectivity index (χ4v) is 0.890. The topological polar surface area (TPSA) is 29.1 Å². The second-order valence-electron chi connectivity index (χ2n) is 2.37. The van der Waals surface area contributed by atoms with Gasteiger partial charge in [0.2, 0.25) is 0 Å². The van der Waals surface area contributed by atoms with Crippen molar-refractivity contribution in [3.63, 3.8) is 0 Å². The first-order valence-corrected chi connectivity index (χ1v) is 5.05. The van der Waals surface area contributed by atoms with Gasteiger partial charge >= 0.3 is 12.1 Å². The summed E-state index contributed by atoms with van der Waals surface area (Å²) in [5, 5.41) is 1.52. The van der Waals surface area contributed by atoms with Crippen LogP contribution in [0.25, 0.3) is 0 Å². The molecule has 84 valence electrons. The average molecular weight is 331 g/mol. The first kappa shape index (κ1) is 13.8. The summed E-state index contributed by atoms with van der Waals surface area (Å²) in [5.41, 5.74) is 0. The van der Waals surface area contributed by atoms with Crippen LogP contribution in [-0.2, 0) is 4.79 Å². The Morgan fingerprint density at radius 2 is 1.71 bits per heavy atom. The number of amides is 1. The molecule has 1 amide bonds. The molecule has 0 aliphatic rings. The molecule has 14 heavy (non-hydrogen) atoms. The van der Waals surface area contributed by atoms with Crippen molar-refractivity contribution in [2.45, 2.75) is 18.5 Å². The van der Waals surface area contributed by atoms with E-state index in [0.717, 1.165) is 0 Å². The fourth-order valence-electron chi connectivity index (χ4n) is 0.508. The molecule has 1 N–H and O–H groups in total. The van der Waals surface area contributed by atoms with E-state index in [-0.39, 0.29) is 6.54 Å². The SMILES string of the molecule is O=C(NCCCI)C(F)(F)C(F)(F)F. The number of nitrogens with one attached hydrogen (secondary N) is 1. The van der Waals surface area contributed by atoms with Crippen LogP contribution in [0.4, 0.5) is 22.0 Å². The Morgan fingerprint density at radius 3 is 2.07 bits per heavy atom. The molecule has 0 heterocycles. The third-order valence-electron chi connectivity index (χ3n) is 1.24. The third-order valence-corrected chi connectivity index (χ3v) is 2.00. The van der Waals surface area contributed by atoms with Gasteiger partial charge in [0.05, 0.1) is 0 Å². The maximum Gasteiger partial charge on any atom is 0.463 e. The Hall–Kier alpha value is -0.150. The molecular weight excluding hydrogens is 324 g/mol. The van der Waals surface area contributed by atoms with Gasteiger partial charge in [0, 0.05) is 11.0 Å². The molecule has 0 atom stereocenters. The number of halogens is 6. The molecule has 0 saturated heterocycles. The molecule has 0 aromatic carbocycles. The van der Waals surface area contributed by atoms with Crippen molar-refractivity contribution in [1.82, 2.24) is 5.32 Å². The Bertz CT molecular complexity index is 205. The second kappa shape index (κ2) is 5.08. The van der Waals surface area contributed by atoms with Crippen molar-refractivity contribution in [2.24, 2.45) is 0 Å². The lowest BCUT2D eigenvalue weighted by molar-refractivity contribution is -0.269. The molecule has 8 heteroatoms. The Labute approximate surface area is 90.4 Å². The highest BCUT2D eigenvalue weighted by molar-refractivity contribution is 14.1. The number of hydrogen-bond donors (Lipinski definition) is 1. The van der Waals surface area contributed by atoms with Gasteiger partial charge in [-0.25, -0.2) is 0 Å². The quantitative estimate of drug-likeness (QED) is 0.364. The number of alkyl halides is 6. The Morgan fingerprint density at radius 1 is 1.21 bits per heavy atom. The van der Waals surface area contributed by atoms with Gasteiger partial charge in [-0.3, -0.25) is 4.79 Å². The highest BCUT2D eigenvalue weighted by atomic mass is 127. The lowest BCUT2D eigenvalue weighted by Gasteiger charge is -2.18. The van der Waals surface area contributed by atoms with E-state index in [1.54, 1.807) is 0 Å². The van der Waals surface area contributed by atoms with Gasteiger partial charge in [0.1, 0.15) is 0 Å². The van der Waals surface area contributed by atoms with Crippen LogP contribution in [-0.4, -0.2) is 29.0 Å². The summed E-state index contributed by atoms with van der Waals surface area (Å²) in [6.45, 7) is -0.187. The smallest absolute Gasteiger partial charge is 0.351 e. The van der Waals surface area contributed by atoms with Crippen molar-refractivity contribution in [3.05, 3.63) is 0 Å². The van der Waals surface area contributed by atoms with E-state index in [0.29, 0.717) is 10.8 Å². The molecule has 0 aliphatic carbocycles. The zero-order valence-corrected chi connectivity index (χ0v) is 8.95. The van der Waals surface area contributed by atoms with Crippen LogP contribution in [0.1, 0.15) is 6.42 Å². The van der Waals surface area contributed by atoms with Crippen molar-refractivity contribution in [1.29, 1.82) is 0 Å². The van der Waals surface area contributed by atoms with E-state index in [1.807, 2.05) is 22.6 Å². The largest absolute Gasteiger partial charge is 0.463 e. The molecule has 0 saturated carbocycles. The molecule has 0 rings (SSSR count). The molecule has 0 bridgehead atoms. The number of rotatable bonds is 4. The molecule has 0 radical (unpaired) electrons. The van der Waals surface area contributed by atoms with Crippen LogP contribution in [0, 0.1) is 0 Å². The molecular formula is C6H7F5INO. The average Bonchev–Trinajstić information content (AvgIpc) is 2.02. The summed E-state index contributed by atoms with van der Waals surface area (Å²) in [4.78, 5) is 10.4. The lowest BCUT2D eigenvalue weighted by Crippen LogP contribution is -2.50. The van der Waals surface area contributed by atoms with E-state index >= 15 is 0 Å². The second-order valence-corrected chi connectivity index (χ2v) is 3.45. The van der Waals surface area contributed by atoms with Gasteiger partial charge in [-0.1, -0.05) is 22.6 Å². The maximum atomic E-state index is 12.2. The van der Waals surface area contributed by atoms with Crippen molar-refractivity contribution >= 4 is 28.5 Å². The zero-order chi connectivity index (χ0) is 11.4. The maximum absolute atomic E-state index is 12.2. The van der Waals surface area contributed by atoms with E-state index in [1.165, 1.54) is 5.32 Å². The molecule has 0 aliphatic heterocycles. The minimum Gasteiger partial charge on any atom is -0.351 e. The van der Waals surface area contributed by atoms with E-state index in [4.69, 9.17) is 0 Å². The summed E-state index contributed by atoms with van der Waals surface area (Å²) >= 11 is 1.91. The normalized spacial score (nSPS) is 12.7. The molecule has 0 aromatic heterocycles. The summed E-state index contributed by atoms with van der Waals surface area (Å²) in [6.07, 6.45) is -5.48. The van der Waals surface area contributed by atoms with Crippen LogP contribution < -0.4 is 5.32 Å². The number of carbonyl (C=O) groups excluding carboxylic acids is 1. The van der Waals surface area contributed by atoms with Gasteiger partial charge in [0.25, 0.3) is 5.91 Å². The molecule has 0 spiro atoms. The Kier molecular flexibility index (Phi) is 5.02. The predicted octanol–water partition coefficient (Wildman–Crippen LogP) is 2.13. The molecule has 0 aromatic rings. The zero-order valence-electron chi connectivity index (χ0n) is 6.80. The van der Waals surface area contributed by atoms with Gasteiger partial charge in [0.15, 0.2) is 0 Å². The first-order chi connectivity index (χ1) is 6.23. The van der Waals surface area contributed by atoms with Crippen LogP contribution >= 0.6 is 22.6 Å².